The second kappa shape index (κ2) is 7.85. The summed E-state index contributed by atoms with van der Waals surface area (Å²) in [5, 5.41) is 0.353. The minimum atomic E-state index is -0.331. The van der Waals surface area contributed by atoms with Crippen molar-refractivity contribution in [2.75, 3.05) is 0 Å². The van der Waals surface area contributed by atoms with Crippen molar-refractivity contribution < 1.29 is 17.6 Å². The fraction of sp³-hybridized carbons (Fsp3) is 0.133. The molecule has 0 N–H and O–H groups in total. The summed E-state index contributed by atoms with van der Waals surface area (Å²) in [6, 6.07) is 8.53. The predicted octanol–water partition coefficient (Wildman–Crippen LogP) is 5.71. The smallest absolute Gasteiger partial charge is 0.272 e. The fourth-order valence-electron chi connectivity index (χ4n) is 1.82. The van der Waals surface area contributed by atoms with Gasteiger partial charge in [0.2, 0.25) is 0 Å². The van der Waals surface area contributed by atoms with Crippen LogP contribution in [0.25, 0.3) is 0 Å². The fourth-order valence-corrected chi connectivity index (χ4v) is 2.61. The maximum absolute atomic E-state index is 12.3. The van der Waals surface area contributed by atoms with Crippen LogP contribution < -0.4 is 8.92 Å². The zero-order chi connectivity index (χ0) is 16.1. The summed E-state index contributed by atoms with van der Waals surface area (Å²) < 4.78 is 23.7. The van der Waals surface area contributed by atoms with Gasteiger partial charge in [0.1, 0.15) is 12.4 Å². The molecule has 3 nitrogen and oxygen atoms in total. The van der Waals surface area contributed by atoms with Crippen molar-refractivity contribution in [3.05, 3.63) is 56.5 Å². The Labute approximate surface area is 145 Å². The van der Waals surface area contributed by atoms with Crippen LogP contribution in [0.1, 0.15) is 21.5 Å². The Morgan fingerprint density at radius 2 is 2.14 bits per heavy atom. The molecule has 0 unspecified atom stereocenters. The van der Waals surface area contributed by atoms with Gasteiger partial charge in [0, 0.05) is 20.6 Å². The Morgan fingerprint density at radius 3 is 2.82 bits per heavy atom. The molecule has 2 aromatic carbocycles. The SMILES string of the molecule is Cc1c(Br)cccc1OCc1cc(OSF)c(C=O)cc1Cl. The van der Waals surface area contributed by atoms with Gasteiger partial charge in [0.15, 0.2) is 12.0 Å². The van der Waals surface area contributed by atoms with E-state index >= 15 is 0 Å². The zero-order valence-corrected chi connectivity index (χ0v) is 14.6. The van der Waals surface area contributed by atoms with Crippen LogP contribution in [-0.2, 0) is 6.61 Å². The van der Waals surface area contributed by atoms with Gasteiger partial charge >= 0.3 is 0 Å². The topological polar surface area (TPSA) is 35.5 Å². The first-order valence-corrected chi connectivity index (χ1v) is 7.99. The largest absolute Gasteiger partial charge is 0.489 e. The van der Waals surface area contributed by atoms with Crippen molar-refractivity contribution in [2.45, 2.75) is 13.5 Å². The van der Waals surface area contributed by atoms with Crippen molar-refractivity contribution in [1.82, 2.24) is 0 Å². The molecule has 116 valence electrons. The highest BCUT2D eigenvalue weighted by molar-refractivity contribution is 9.10. The lowest BCUT2D eigenvalue weighted by Crippen LogP contribution is -2.00. The van der Waals surface area contributed by atoms with Gasteiger partial charge in [0.05, 0.1) is 5.56 Å². The second-order valence-electron chi connectivity index (χ2n) is 4.40. The quantitative estimate of drug-likeness (QED) is 0.455. The number of aldehydes is 1. The Kier molecular flexibility index (Phi) is 6.11. The number of carbonyl (C=O) groups excluding carboxylic acids is 1. The van der Waals surface area contributed by atoms with Crippen LogP contribution in [-0.4, -0.2) is 6.29 Å². The van der Waals surface area contributed by atoms with Crippen LogP contribution in [0.3, 0.4) is 0 Å². The van der Waals surface area contributed by atoms with E-state index in [1.807, 2.05) is 25.1 Å². The van der Waals surface area contributed by atoms with E-state index in [-0.39, 0.29) is 30.3 Å². The van der Waals surface area contributed by atoms with E-state index in [0.717, 1.165) is 10.0 Å². The molecule has 0 aliphatic heterocycles. The van der Waals surface area contributed by atoms with Gasteiger partial charge in [-0.25, -0.2) is 0 Å². The summed E-state index contributed by atoms with van der Waals surface area (Å²) in [6.07, 6.45) is 0.556. The average Bonchev–Trinajstić information content (AvgIpc) is 2.51. The molecule has 0 bridgehead atoms. The summed E-state index contributed by atoms with van der Waals surface area (Å²) in [7, 11) is 0. The molecule has 0 aliphatic carbocycles. The first-order chi connectivity index (χ1) is 10.6. The third-order valence-electron chi connectivity index (χ3n) is 3.03. The summed E-state index contributed by atoms with van der Waals surface area (Å²) in [6.45, 7) is 2.09. The average molecular weight is 406 g/mol. The number of rotatable bonds is 6. The van der Waals surface area contributed by atoms with Gasteiger partial charge in [0.25, 0.3) is 12.4 Å². The van der Waals surface area contributed by atoms with Crippen LogP contribution in [0.15, 0.2) is 34.8 Å². The zero-order valence-electron chi connectivity index (χ0n) is 11.4. The molecule has 0 heterocycles. The van der Waals surface area contributed by atoms with Gasteiger partial charge in [-0.05, 0) is 31.2 Å². The van der Waals surface area contributed by atoms with E-state index in [1.54, 1.807) is 0 Å². The third-order valence-corrected chi connectivity index (χ3v) is 4.48. The lowest BCUT2D eigenvalue weighted by Gasteiger charge is -2.12. The van der Waals surface area contributed by atoms with Gasteiger partial charge < -0.3 is 8.92 Å². The molecule has 0 aromatic heterocycles. The molecule has 0 amide bonds. The monoisotopic (exact) mass is 404 g/mol. The minimum Gasteiger partial charge on any atom is -0.489 e. The molecule has 0 spiro atoms. The molecule has 0 radical (unpaired) electrons. The van der Waals surface area contributed by atoms with Gasteiger partial charge in [-0.3, -0.25) is 4.79 Å². The molecule has 0 saturated heterocycles. The Balaban J connectivity index is 2.24. The lowest BCUT2D eigenvalue weighted by atomic mass is 10.1. The van der Waals surface area contributed by atoms with Crippen LogP contribution in [0.4, 0.5) is 3.89 Å². The van der Waals surface area contributed by atoms with Gasteiger partial charge in [-0.15, -0.1) is 3.89 Å². The summed E-state index contributed by atoms with van der Waals surface area (Å²) in [4.78, 5) is 10.9. The molecule has 2 aromatic rings. The summed E-state index contributed by atoms with van der Waals surface area (Å²) in [5.74, 6) is 0.809. The molecule has 2 rings (SSSR count). The lowest BCUT2D eigenvalue weighted by molar-refractivity contribution is 0.112. The van der Waals surface area contributed by atoms with Crippen LogP contribution in [0.2, 0.25) is 5.02 Å². The maximum atomic E-state index is 12.3. The molecule has 0 aliphatic rings. The van der Waals surface area contributed by atoms with E-state index in [2.05, 4.69) is 15.9 Å². The van der Waals surface area contributed by atoms with Gasteiger partial charge in [-0.2, -0.15) is 0 Å². The Bertz CT molecular complexity index is 697. The van der Waals surface area contributed by atoms with E-state index in [1.165, 1.54) is 12.1 Å². The van der Waals surface area contributed by atoms with Gasteiger partial charge in [-0.1, -0.05) is 33.6 Å². The first kappa shape index (κ1) is 17.1. The van der Waals surface area contributed by atoms with Crippen LogP contribution in [0.5, 0.6) is 11.5 Å². The molecular formula is C15H11BrClFO3S. The van der Waals surface area contributed by atoms with Crippen molar-refractivity contribution in [1.29, 1.82) is 0 Å². The second-order valence-corrected chi connectivity index (χ2v) is 5.95. The molecular weight excluding hydrogens is 395 g/mol. The summed E-state index contributed by atoms with van der Waals surface area (Å²) >= 11 is 9.21. The number of halogens is 3. The number of hydrogen-bond acceptors (Lipinski definition) is 4. The number of hydrogen-bond donors (Lipinski definition) is 0. The van der Waals surface area contributed by atoms with Crippen molar-refractivity contribution in [3.63, 3.8) is 0 Å². The highest BCUT2D eigenvalue weighted by Gasteiger charge is 2.12. The molecule has 0 atom stereocenters. The Morgan fingerprint density at radius 1 is 1.36 bits per heavy atom. The van der Waals surface area contributed by atoms with Crippen LogP contribution >= 0.6 is 40.0 Å². The predicted molar refractivity (Wildman–Crippen MR) is 89.4 cm³/mol. The number of benzene rings is 2. The normalized spacial score (nSPS) is 10.4. The highest BCUT2D eigenvalue weighted by Crippen LogP contribution is 2.31. The number of carbonyl (C=O) groups is 1. The summed E-state index contributed by atoms with van der Waals surface area (Å²) in [5.41, 5.74) is 1.73. The number of ether oxygens (including phenoxy) is 1. The van der Waals surface area contributed by atoms with E-state index in [0.29, 0.717) is 22.6 Å². The Hall–Kier alpha value is -1.24. The van der Waals surface area contributed by atoms with E-state index < -0.39 is 0 Å². The highest BCUT2D eigenvalue weighted by atomic mass is 79.9. The van der Waals surface area contributed by atoms with Crippen molar-refractivity contribution in [2.24, 2.45) is 0 Å². The molecule has 22 heavy (non-hydrogen) atoms. The first-order valence-electron chi connectivity index (χ1n) is 6.17. The molecule has 7 heteroatoms. The molecule has 0 fully saturated rings. The van der Waals surface area contributed by atoms with E-state index in [9.17, 15) is 8.68 Å². The third kappa shape index (κ3) is 3.94. The standard InChI is InChI=1S/C15H11BrClFO3S/c1-9-12(16)3-2-4-14(9)20-8-11-6-15(21-22-18)10(7-19)5-13(11)17/h2-7H,8H2,1H3. The van der Waals surface area contributed by atoms with Crippen molar-refractivity contribution >= 4 is 46.2 Å². The minimum absolute atomic E-state index is 0.108. The van der Waals surface area contributed by atoms with Crippen molar-refractivity contribution in [3.8, 4) is 11.5 Å². The van der Waals surface area contributed by atoms with Crippen LogP contribution in [0, 0.1) is 6.92 Å². The van der Waals surface area contributed by atoms with E-state index in [4.69, 9.17) is 20.5 Å². The maximum Gasteiger partial charge on any atom is 0.272 e. The molecule has 0 saturated carbocycles.